The molecule has 2 bridgehead atoms. The molecule has 0 aromatic heterocycles. The normalized spacial score (nSPS) is 31.0. The minimum absolute atomic E-state index is 0.0646. The molecule has 162 valence electrons. The van der Waals surface area contributed by atoms with E-state index in [0.29, 0.717) is 29.0 Å². The van der Waals surface area contributed by atoms with Crippen LogP contribution in [0, 0.1) is 23.1 Å². The van der Waals surface area contributed by atoms with Crippen LogP contribution in [0.4, 0.5) is 10.1 Å². The highest BCUT2D eigenvalue weighted by molar-refractivity contribution is 6.31. The minimum atomic E-state index is -0.538. The lowest BCUT2D eigenvalue weighted by Crippen LogP contribution is -2.70. The van der Waals surface area contributed by atoms with Crippen LogP contribution in [-0.2, 0) is 11.3 Å². The third-order valence-electron chi connectivity index (χ3n) is 7.49. The Morgan fingerprint density at radius 2 is 2.03 bits per heavy atom. The number of hydrogen-bond donors (Lipinski definition) is 3. The molecule has 3 fully saturated rings. The summed E-state index contributed by atoms with van der Waals surface area (Å²) in [7, 11) is 0. The van der Waals surface area contributed by atoms with Crippen molar-refractivity contribution in [3.63, 3.8) is 0 Å². The van der Waals surface area contributed by atoms with Crippen molar-refractivity contribution in [3.8, 4) is 0 Å². The first kappa shape index (κ1) is 20.3. The lowest BCUT2D eigenvalue weighted by Gasteiger charge is -2.60. The highest BCUT2D eigenvalue weighted by Crippen LogP contribution is 2.58. The average Bonchev–Trinajstić information content (AvgIpc) is 2.73. The van der Waals surface area contributed by atoms with Gasteiger partial charge in [0.05, 0.1) is 5.56 Å². The summed E-state index contributed by atoms with van der Waals surface area (Å²) in [6.45, 7) is 2.19. The summed E-state index contributed by atoms with van der Waals surface area (Å²) < 4.78 is 14.1. The number of carbonyl (C=O) groups is 2. The lowest BCUT2D eigenvalue weighted by atomic mass is 9.51. The summed E-state index contributed by atoms with van der Waals surface area (Å²) >= 11 is 6.10. The van der Waals surface area contributed by atoms with Crippen LogP contribution >= 0.6 is 11.6 Å². The quantitative estimate of drug-likeness (QED) is 0.658. The standard InChI is InChI=1S/C24H25ClFN3O2/c1-23-10-9-14(24(13-23)28-20-8-3-2-5-15(20)21(30)29-24)11-17(23)22(31)27-12-16-18(25)6-4-7-19(16)26/h2-8,14,17,28H,9-13H2,1H3,(H,27,31)(H,29,30)/t14?,17?,23?,24-/m0/s1. The zero-order chi connectivity index (χ0) is 21.8. The smallest absolute Gasteiger partial charge is 0.255 e. The van der Waals surface area contributed by atoms with E-state index in [1.54, 1.807) is 12.1 Å². The van der Waals surface area contributed by atoms with Crippen molar-refractivity contribution in [1.29, 1.82) is 0 Å². The predicted octanol–water partition coefficient (Wildman–Crippen LogP) is 4.47. The number of amides is 2. The van der Waals surface area contributed by atoms with Gasteiger partial charge in [-0.3, -0.25) is 9.59 Å². The van der Waals surface area contributed by atoms with Gasteiger partial charge in [0.1, 0.15) is 11.5 Å². The first-order valence-electron chi connectivity index (χ1n) is 10.7. The monoisotopic (exact) mass is 441 g/mol. The topological polar surface area (TPSA) is 70.2 Å². The summed E-state index contributed by atoms with van der Waals surface area (Å²) in [5.41, 5.74) is 0.986. The van der Waals surface area contributed by atoms with Gasteiger partial charge in [-0.1, -0.05) is 36.7 Å². The molecule has 3 unspecified atom stereocenters. The number of hydrogen-bond acceptors (Lipinski definition) is 3. The second-order valence-electron chi connectivity index (χ2n) is 9.37. The molecule has 4 aliphatic rings. The molecule has 0 radical (unpaired) electrons. The van der Waals surface area contributed by atoms with Crippen molar-refractivity contribution in [2.75, 3.05) is 5.32 Å². The van der Waals surface area contributed by atoms with E-state index in [9.17, 15) is 14.0 Å². The van der Waals surface area contributed by atoms with E-state index in [2.05, 4.69) is 22.9 Å². The van der Waals surface area contributed by atoms with Crippen LogP contribution < -0.4 is 16.0 Å². The van der Waals surface area contributed by atoms with Crippen molar-refractivity contribution in [3.05, 3.63) is 64.4 Å². The van der Waals surface area contributed by atoms with E-state index in [1.807, 2.05) is 24.3 Å². The fourth-order valence-corrected chi connectivity index (χ4v) is 6.08. The number of fused-ring (bicyclic) bond motifs is 3. The zero-order valence-corrected chi connectivity index (χ0v) is 18.1. The van der Waals surface area contributed by atoms with Gasteiger partial charge in [-0.15, -0.1) is 0 Å². The van der Waals surface area contributed by atoms with E-state index in [-0.39, 0.29) is 35.6 Å². The van der Waals surface area contributed by atoms with Gasteiger partial charge in [0.2, 0.25) is 5.91 Å². The Labute approximate surface area is 185 Å². The van der Waals surface area contributed by atoms with E-state index < -0.39 is 11.5 Å². The fraction of sp³-hybridized carbons (Fsp3) is 0.417. The summed E-state index contributed by atoms with van der Waals surface area (Å²) in [5, 5.41) is 10.0. The average molecular weight is 442 g/mol. The molecule has 1 spiro atoms. The number of benzene rings is 2. The van der Waals surface area contributed by atoms with E-state index in [0.717, 1.165) is 18.5 Å². The van der Waals surface area contributed by atoms with Gasteiger partial charge < -0.3 is 16.0 Å². The molecule has 2 amide bonds. The summed E-state index contributed by atoms with van der Waals surface area (Å²) in [6, 6.07) is 12.0. The molecular formula is C24H25ClFN3O2. The molecule has 0 saturated heterocycles. The van der Waals surface area contributed by atoms with E-state index in [4.69, 9.17) is 11.6 Å². The van der Waals surface area contributed by atoms with Crippen LogP contribution in [-0.4, -0.2) is 17.5 Å². The molecule has 2 aromatic rings. The van der Waals surface area contributed by atoms with Gasteiger partial charge in [-0.05, 0) is 55.4 Å². The molecule has 3 aliphatic carbocycles. The molecule has 6 rings (SSSR count). The molecule has 1 heterocycles. The van der Waals surface area contributed by atoms with Crippen LogP contribution in [0.25, 0.3) is 0 Å². The molecule has 3 N–H and O–H groups in total. The summed E-state index contributed by atoms with van der Waals surface area (Å²) in [6.07, 6.45) is 3.19. The van der Waals surface area contributed by atoms with Crippen molar-refractivity contribution in [2.24, 2.45) is 17.3 Å². The maximum Gasteiger partial charge on any atom is 0.255 e. The molecule has 5 nitrogen and oxygen atoms in total. The highest BCUT2D eigenvalue weighted by Gasteiger charge is 2.60. The van der Waals surface area contributed by atoms with Gasteiger partial charge in [0.25, 0.3) is 5.91 Å². The van der Waals surface area contributed by atoms with Crippen LogP contribution in [0.2, 0.25) is 5.02 Å². The number of rotatable bonds is 3. The first-order chi connectivity index (χ1) is 14.8. The van der Waals surface area contributed by atoms with Crippen molar-refractivity contribution < 1.29 is 14.0 Å². The van der Waals surface area contributed by atoms with Gasteiger partial charge in [0, 0.05) is 34.7 Å². The van der Waals surface area contributed by atoms with Crippen molar-refractivity contribution in [2.45, 2.75) is 44.8 Å². The number of anilines is 1. The second kappa shape index (κ2) is 7.23. The summed E-state index contributed by atoms with van der Waals surface area (Å²) in [5.74, 6) is -0.627. The first-order valence-corrected chi connectivity index (χ1v) is 11.1. The van der Waals surface area contributed by atoms with Gasteiger partial charge in [0.15, 0.2) is 0 Å². The van der Waals surface area contributed by atoms with Crippen LogP contribution in [0.1, 0.15) is 48.5 Å². The molecule has 7 heteroatoms. The Hall–Kier alpha value is -2.60. The van der Waals surface area contributed by atoms with Gasteiger partial charge in [-0.25, -0.2) is 4.39 Å². The number of carbonyl (C=O) groups excluding carboxylic acids is 2. The van der Waals surface area contributed by atoms with Crippen molar-refractivity contribution in [1.82, 2.24) is 10.6 Å². The predicted molar refractivity (Wildman–Crippen MR) is 117 cm³/mol. The second-order valence-corrected chi connectivity index (χ2v) is 9.78. The fourth-order valence-electron chi connectivity index (χ4n) is 5.85. The highest BCUT2D eigenvalue weighted by atomic mass is 35.5. The van der Waals surface area contributed by atoms with Crippen LogP contribution in [0.15, 0.2) is 42.5 Å². The SMILES string of the molecule is CC12CCC(CC1C(=O)NCc1c(F)cccc1Cl)[C@]1(C2)NC(=O)c2ccccc2N1. The Morgan fingerprint density at radius 1 is 1.23 bits per heavy atom. The molecule has 3 saturated carbocycles. The Morgan fingerprint density at radius 3 is 2.81 bits per heavy atom. The van der Waals surface area contributed by atoms with Crippen LogP contribution in [0.3, 0.4) is 0 Å². The van der Waals surface area contributed by atoms with Crippen LogP contribution in [0.5, 0.6) is 0 Å². The largest absolute Gasteiger partial charge is 0.362 e. The lowest BCUT2D eigenvalue weighted by molar-refractivity contribution is -0.139. The van der Waals surface area contributed by atoms with E-state index in [1.165, 1.54) is 6.07 Å². The maximum atomic E-state index is 14.1. The Bertz CT molecular complexity index is 1060. The zero-order valence-electron chi connectivity index (χ0n) is 17.3. The van der Waals surface area contributed by atoms with Gasteiger partial charge >= 0.3 is 0 Å². The number of halogens is 2. The molecule has 1 aliphatic heterocycles. The van der Waals surface area contributed by atoms with Gasteiger partial charge in [-0.2, -0.15) is 0 Å². The third kappa shape index (κ3) is 3.28. The molecule has 4 atom stereocenters. The summed E-state index contributed by atoms with van der Waals surface area (Å²) in [4.78, 5) is 25.9. The minimum Gasteiger partial charge on any atom is -0.362 e. The molecular weight excluding hydrogens is 417 g/mol. The van der Waals surface area contributed by atoms with Crippen molar-refractivity contribution >= 4 is 29.1 Å². The molecule has 2 aromatic carbocycles. The molecule has 31 heavy (non-hydrogen) atoms. The Balaban J connectivity index is 1.35. The maximum absolute atomic E-state index is 14.1. The number of para-hydroxylation sites is 1. The Kier molecular flexibility index (Phi) is 4.74. The third-order valence-corrected chi connectivity index (χ3v) is 7.84. The number of nitrogens with one attached hydrogen (secondary N) is 3. The van der Waals surface area contributed by atoms with E-state index >= 15 is 0 Å².